The van der Waals surface area contributed by atoms with E-state index in [-0.39, 0.29) is 11.6 Å². The molecule has 0 fully saturated rings. The van der Waals surface area contributed by atoms with Gasteiger partial charge in [-0.2, -0.15) is 5.10 Å². The fourth-order valence-corrected chi connectivity index (χ4v) is 0.949. The van der Waals surface area contributed by atoms with Gasteiger partial charge < -0.3 is 15.0 Å². The molecule has 0 saturated carbocycles. The smallest absolute Gasteiger partial charge is 0.342 e. The molecule has 1 N–H and O–H groups in total. The summed E-state index contributed by atoms with van der Waals surface area (Å²) in [5.74, 6) is 0.126. The van der Waals surface area contributed by atoms with E-state index in [2.05, 4.69) is 15.5 Å². The van der Waals surface area contributed by atoms with Gasteiger partial charge in [-0.1, -0.05) is 0 Å². The van der Waals surface area contributed by atoms with Crippen LogP contribution in [0.4, 0.5) is 10.6 Å². The molecule has 17 heavy (non-hydrogen) atoms. The van der Waals surface area contributed by atoms with Crippen molar-refractivity contribution < 1.29 is 9.72 Å². The van der Waals surface area contributed by atoms with Crippen LogP contribution >= 0.6 is 0 Å². The van der Waals surface area contributed by atoms with E-state index in [9.17, 15) is 14.9 Å². The average Bonchev–Trinajstić information content (AvgIpc) is 2.60. The Bertz CT molecular complexity index is 464. The average molecular weight is 240 g/mol. The van der Waals surface area contributed by atoms with Gasteiger partial charge in [0.2, 0.25) is 5.82 Å². The Hall–Kier alpha value is -2.45. The lowest BCUT2D eigenvalue weighted by Crippen LogP contribution is -2.31. The Balaban J connectivity index is 2.73. The predicted molar refractivity (Wildman–Crippen MR) is 59.7 cm³/mol. The zero-order chi connectivity index (χ0) is 13.0. The highest BCUT2D eigenvalue weighted by Gasteiger charge is 2.14. The minimum Gasteiger partial charge on any atom is -0.358 e. The van der Waals surface area contributed by atoms with E-state index in [0.717, 1.165) is 6.20 Å². The number of hydrogen-bond donors (Lipinski definition) is 1. The number of rotatable bonds is 3. The van der Waals surface area contributed by atoms with Crippen LogP contribution in [0.25, 0.3) is 0 Å². The normalized spacial score (nSPS) is 10.5. The molecule has 9 nitrogen and oxygen atoms in total. The maximum Gasteiger partial charge on any atom is 0.342 e. The Labute approximate surface area is 96.9 Å². The lowest BCUT2D eigenvalue weighted by atomic mass is 10.6. The van der Waals surface area contributed by atoms with Gasteiger partial charge in [0.25, 0.3) is 0 Å². The highest BCUT2D eigenvalue weighted by Crippen LogP contribution is 2.09. The molecule has 1 rings (SSSR count). The number of carbonyl (C=O) groups excluding carboxylic acids is 1. The topological polar surface area (TPSA) is 106 Å². The first kappa shape index (κ1) is 12.6. The van der Waals surface area contributed by atoms with Gasteiger partial charge >= 0.3 is 11.8 Å². The summed E-state index contributed by atoms with van der Waals surface area (Å²) in [6.45, 7) is 0. The standard InChI is InChI=1S/C8H12N6O3/c1-12(2)8(15)11-10-4-6-9-5-7(13(6)3)14(16)17/h4-5H,1-3H3,(H,11,15). The number of nitrogens with one attached hydrogen (secondary N) is 1. The van der Waals surface area contributed by atoms with Crippen LogP contribution in [0.5, 0.6) is 0 Å². The van der Waals surface area contributed by atoms with Gasteiger partial charge in [0.05, 0.1) is 7.05 Å². The van der Waals surface area contributed by atoms with E-state index in [1.807, 2.05) is 0 Å². The molecule has 1 aromatic rings. The van der Waals surface area contributed by atoms with E-state index in [0.29, 0.717) is 0 Å². The van der Waals surface area contributed by atoms with Crippen molar-refractivity contribution in [3.8, 4) is 0 Å². The van der Waals surface area contributed by atoms with Crippen LogP contribution < -0.4 is 5.43 Å². The van der Waals surface area contributed by atoms with Crippen molar-refractivity contribution in [3.05, 3.63) is 22.1 Å². The Morgan fingerprint density at radius 3 is 2.82 bits per heavy atom. The molecule has 0 radical (unpaired) electrons. The lowest BCUT2D eigenvalue weighted by Gasteiger charge is -2.07. The number of imidazole rings is 1. The van der Waals surface area contributed by atoms with Crippen molar-refractivity contribution in [2.75, 3.05) is 14.1 Å². The van der Waals surface area contributed by atoms with E-state index in [1.54, 1.807) is 14.1 Å². The molecule has 0 aromatic carbocycles. The van der Waals surface area contributed by atoms with Crippen molar-refractivity contribution >= 4 is 18.1 Å². The quantitative estimate of drug-likeness (QED) is 0.453. The molecule has 0 aliphatic heterocycles. The largest absolute Gasteiger partial charge is 0.358 e. The molecule has 2 amide bonds. The molecule has 0 aliphatic carbocycles. The van der Waals surface area contributed by atoms with Crippen molar-refractivity contribution in [2.45, 2.75) is 0 Å². The molecule has 0 saturated heterocycles. The SMILES string of the molecule is CN(C)C(=O)NN=Cc1ncc([N+](=O)[O-])n1C. The van der Waals surface area contributed by atoms with E-state index >= 15 is 0 Å². The molecule has 9 heteroatoms. The van der Waals surface area contributed by atoms with Gasteiger partial charge in [0.1, 0.15) is 12.4 Å². The maximum atomic E-state index is 11.1. The third-order valence-corrected chi connectivity index (χ3v) is 1.93. The second-order valence-electron chi connectivity index (χ2n) is 3.36. The number of nitro groups is 1. The number of carbonyl (C=O) groups is 1. The monoisotopic (exact) mass is 240 g/mol. The molecule has 0 spiro atoms. The third kappa shape index (κ3) is 3.00. The summed E-state index contributed by atoms with van der Waals surface area (Å²) in [5, 5.41) is 14.2. The minimum atomic E-state index is -0.553. The van der Waals surface area contributed by atoms with Gasteiger partial charge in [0.15, 0.2) is 0 Å². The first-order chi connectivity index (χ1) is 7.93. The highest BCUT2D eigenvalue weighted by atomic mass is 16.6. The molecular formula is C8H12N6O3. The fraction of sp³-hybridized carbons (Fsp3) is 0.375. The number of hydrazone groups is 1. The zero-order valence-electron chi connectivity index (χ0n) is 9.62. The highest BCUT2D eigenvalue weighted by molar-refractivity contribution is 5.79. The van der Waals surface area contributed by atoms with Crippen LogP contribution in [0.15, 0.2) is 11.3 Å². The minimum absolute atomic E-state index is 0.148. The second-order valence-corrected chi connectivity index (χ2v) is 3.36. The second kappa shape index (κ2) is 5.05. The van der Waals surface area contributed by atoms with Gasteiger partial charge in [-0.05, 0) is 4.92 Å². The Kier molecular flexibility index (Phi) is 3.75. The fourth-order valence-electron chi connectivity index (χ4n) is 0.949. The summed E-state index contributed by atoms with van der Waals surface area (Å²) in [7, 11) is 4.62. The van der Waals surface area contributed by atoms with Crippen LogP contribution in [-0.2, 0) is 7.05 Å². The van der Waals surface area contributed by atoms with Crippen molar-refractivity contribution in [2.24, 2.45) is 12.1 Å². The van der Waals surface area contributed by atoms with E-state index in [4.69, 9.17) is 0 Å². The number of urea groups is 1. The van der Waals surface area contributed by atoms with Crippen LogP contribution in [0, 0.1) is 10.1 Å². The van der Waals surface area contributed by atoms with Gasteiger partial charge in [0, 0.05) is 14.1 Å². The number of aromatic nitrogens is 2. The summed E-state index contributed by atoms with van der Waals surface area (Å²) in [6.07, 6.45) is 2.35. The first-order valence-corrected chi connectivity index (χ1v) is 4.60. The van der Waals surface area contributed by atoms with Crippen LogP contribution in [0.1, 0.15) is 5.82 Å². The van der Waals surface area contributed by atoms with Gasteiger partial charge in [-0.3, -0.25) is 0 Å². The van der Waals surface area contributed by atoms with E-state index in [1.165, 1.54) is 22.7 Å². The van der Waals surface area contributed by atoms with Gasteiger partial charge in [-0.15, -0.1) is 0 Å². The molecule has 92 valence electrons. The molecular weight excluding hydrogens is 228 g/mol. The van der Waals surface area contributed by atoms with E-state index < -0.39 is 11.0 Å². The van der Waals surface area contributed by atoms with Crippen LogP contribution in [-0.4, -0.2) is 45.7 Å². The summed E-state index contributed by atoms with van der Waals surface area (Å²) < 4.78 is 1.26. The van der Waals surface area contributed by atoms with Crippen LogP contribution in [0.2, 0.25) is 0 Å². The van der Waals surface area contributed by atoms with Crippen LogP contribution in [0.3, 0.4) is 0 Å². The zero-order valence-corrected chi connectivity index (χ0v) is 9.62. The number of hydrogen-bond acceptors (Lipinski definition) is 5. The van der Waals surface area contributed by atoms with Gasteiger partial charge in [-0.25, -0.2) is 19.8 Å². The van der Waals surface area contributed by atoms with Crippen molar-refractivity contribution in [1.29, 1.82) is 0 Å². The molecule has 0 unspecified atom stereocenters. The summed E-state index contributed by atoms with van der Waals surface area (Å²) in [5.41, 5.74) is 2.23. The first-order valence-electron chi connectivity index (χ1n) is 4.60. The molecule has 1 aromatic heterocycles. The summed E-state index contributed by atoms with van der Waals surface area (Å²) in [6, 6.07) is -0.398. The molecule has 0 aliphatic rings. The molecule has 1 heterocycles. The lowest BCUT2D eigenvalue weighted by molar-refractivity contribution is -0.391. The summed E-state index contributed by atoms with van der Waals surface area (Å²) >= 11 is 0. The number of amides is 2. The molecule has 0 bridgehead atoms. The molecule has 0 atom stereocenters. The Morgan fingerprint density at radius 2 is 2.35 bits per heavy atom. The Morgan fingerprint density at radius 1 is 1.71 bits per heavy atom. The number of nitrogens with zero attached hydrogens (tertiary/aromatic N) is 5. The predicted octanol–water partition coefficient (Wildman–Crippen LogP) is -0.0666. The van der Waals surface area contributed by atoms with Crippen molar-refractivity contribution in [1.82, 2.24) is 19.9 Å². The third-order valence-electron chi connectivity index (χ3n) is 1.93. The van der Waals surface area contributed by atoms with Crippen molar-refractivity contribution in [3.63, 3.8) is 0 Å². The maximum absolute atomic E-state index is 11.1. The summed E-state index contributed by atoms with van der Waals surface area (Å²) in [4.78, 5) is 26.2.